The van der Waals surface area contributed by atoms with Gasteiger partial charge in [0.25, 0.3) is 0 Å². The van der Waals surface area contributed by atoms with Gasteiger partial charge >= 0.3 is 0 Å². The van der Waals surface area contributed by atoms with Gasteiger partial charge in [-0.1, -0.05) is 23.4 Å². The number of nitrogens with zero attached hydrogens (tertiary/aromatic N) is 1. The summed E-state index contributed by atoms with van der Waals surface area (Å²) < 4.78 is 21.7. The largest absolute Gasteiger partial charge is 0.357 e. The molecule has 0 saturated heterocycles. The molecule has 0 spiro atoms. The fraction of sp³-hybridized carbons (Fsp3) is 0.125. The maximum Gasteiger partial charge on any atom is 0.213 e. The molecule has 1 rings (SSSR count). The normalized spacial score (nSPS) is 10.9. The van der Waals surface area contributed by atoms with Gasteiger partial charge < -0.3 is 4.84 Å². The summed E-state index contributed by atoms with van der Waals surface area (Å²) in [5.41, 5.74) is 0.461. The predicted octanol–water partition coefficient (Wildman–Crippen LogP) is 0.470. The predicted molar refractivity (Wildman–Crippen MR) is 53.4 cm³/mol. The molecule has 76 valence electrons. The number of nitrogens with two attached hydrogens (primary N) is 1. The molecule has 0 radical (unpaired) electrons. The average Bonchev–Trinajstić information content (AvgIpc) is 2.06. The Morgan fingerprint density at radius 3 is 2.64 bits per heavy atom. The summed E-state index contributed by atoms with van der Waals surface area (Å²) in [7, 11) is -3.56. The maximum absolute atomic E-state index is 10.8. The summed E-state index contributed by atoms with van der Waals surface area (Å²) in [6.07, 6.45) is 0. The van der Waals surface area contributed by atoms with Crippen molar-refractivity contribution in [2.24, 2.45) is 10.3 Å². The average molecular weight is 214 g/mol. The molecule has 0 amide bonds. The smallest absolute Gasteiger partial charge is 0.213 e. The summed E-state index contributed by atoms with van der Waals surface area (Å²) in [6, 6.07) is 6.59. The van der Waals surface area contributed by atoms with Crippen LogP contribution in [0.3, 0.4) is 0 Å². The van der Waals surface area contributed by atoms with E-state index in [1.54, 1.807) is 24.3 Å². The van der Waals surface area contributed by atoms with Gasteiger partial charge in [0.2, 0.25) is 10.0 Å². The van der Waals surface area contributed by atoms with Crippen molar-refractivity contribution in [3.8, 4) is 5.75 Å². The fourth-order valence-corrected chi connectivity index (χ4v) is 1.67. The first-order valence-electron chi connectivity index (χ1n) is 3.74. The van der Waals surface area contributed by atoms with Crippen molar-refractivity contribution in [1.82, 2.24) is 0 Å². The Bertz CT molecular complexity index is 428. The van der Waals surface area contributed by atoms with Crippen LogP contribution in [0.5, 0.6) is 5.75 Å². The van der Waals surface area contributed by atoms with E-state index in [1.807, 2.05) is 0 Å². The Labute approximate surface area is 82.2 Å². The molecule has 1 aromatic carbocycles. The third-order valence-electron chi connectivity index (χ3n) is 1.49. The molecular weight excluding hydrogens is 204 g/mol. The van der Waals surface area contributed by atoms with Crippen LogP contribution in [0.15, 0.2) is 29.4 Å². The van der Waals surface area contributed by atoms with Crippen molar-refractivity contribution >= 4 is 16.7 Å². The van der Waals surface area contributed by atoms with Crippen LogP contribution >= 0.6 is 0 Å². The molecule has 1 aromatic rings. The lowest BCUT2D eigenvalue weighted by molar-refractivity contribution is 0.342. The SMILES string of the molecule is C=NOc1ccccc1CS(N)(=O)=O. The second-order valence-electron chi connectivity index (χ2n) is 2.64. The van der Waals surface area contributed by atoms with Crippen molar-refractivity contribution in [3.05, 3.63) is 29.8 Å². The Kier molecular flexibility index (Phi) is 3.21. The molecule has 0 aliphatic rings. The number of sulfonamides is 1. The number of oxime groups is 1. The Hall–Kier alpha value is -1.40. The van der Waals surface area contributed by atoms with Crippen LogP contribution in [0, 0.1) is 0 Å². The molecule has 0 fully saturated rings. The van der Waals surface area contributed by atoms with Crippen LogP contribution in [-0.2, 0) is 15.8 Å². The lowest BCUT2D eigenvalue weighted by Crippen LogP contribution is -2.14. The van der Waals surface area contributed by atoms with Crippen LogP contribution in [0.25, 0.3) is 0 Å². The molecule has 6 heteroatoms. The van der Waals surface area contributed by atoms with Crippen molar-refractivity contribution < 1.29 is 13.3 Å². The molecule has 5 nitrogen and oxygen atoms in total. The molecule has 2 N–H and O–H groups in total. The number of primary sulfonamides is 1. The highest BCUT2D eigenvalue weighted by Gasteiger charge is 2.09. The molecule has 0 aromatic heterocycles. The zero-order valence-corrected chi connectivity index (χ0v) is 8.20. The first-order valence-corrected chi connectivity index (χ1v) is 5.46. The summed E-state index contributed by atoms with van der Waals surface area (Å²) in [5.74, 6) is 0.0649. The Morgan fingerprint density at radius 2 is 2.07 bits per heavy atom. The second-order valence-corrected chi connectivity index (χ2v) is 4.25. The number of rotatable bonds is 4. The molecule has 0 heterocycles. The lowest BCUT2D eigenvalue weighted by atomic mass is 10.2. The van der Waals surface area contributed by atoms with E-state index in [2.05, 4.69) is 11.9 Å². The van der Waals surface area contributed by atoms with Gasteiger partial charge in [0.15, 0.2) is 5.75 Å². The van der Waals surface area contributed by atoms with E-state index in [4.69, 9.17) is 9.98 Å². The van der Waals surface area contributed by atoms with Crippen molar-refractivity contribution in [3.63, 3.8) is 0 Å². The molecule has 14 heavy (non-hydrogen) atoms. The summed E-state index contributed by atoms with van der Waals surface area (Å²) in [5, 5.41) is 8.11. The van der Waals surface area contributed by atoms with Gasteiger partial charge in [-0.25, -0.2) is 13.6 Å². The van der Waals surface area contributed by atoms with Gasteiger partial charge in [-0.15, -0.1) is 0 Å². The Morgan fingerprint density at radius 1 is 1.43 bits per heavy atom. The van der Waals surface area contributed by atoms with Crippen LogP contribution in [0.1, 0.15) is 5.56 Å². The standard InChI is InChI=1S/C8H10N2O3S/c1-10-13-8-5-3-2-4-7(8)6-14(9,11)12/h2-5H,1,6H2,(H2,9,11,12). The molecule has 0 atom stereocenters. The molecular formula is C8H10N2O3S. The minimum atomic E-state index is -3.56. The fourth-order valence-electron chi connectivity index (χ4n) is 0.998. The van der Waals surface area contributed by atoms with Gasteiger partial charge in [-0.3, -0.25) is 0 Å². The number of benzene rings is 1. The quantitative estimate of drug-likeness (QED) is 0.584. The van der Waals surface area contributed by atoms with E-state index in [0.717, 1.165) is 0 Å². The van der Waals surface area contributed by atoms with Crippen LogP contribution in [0.2, 0.25) is 0 Å². The minimum Gasteiger partial charge on any atom is -0.357 e. The van der Waals surface area contributed by atoms with Gasteiger partial charge in [-0.2, -0.15) is 0 Å². The van der Waals surface area contributed by atoms with Crippen molar-refractivity contribution in [1.29, 1.82) is 0 Å². The van der Waals surface area contributed by atoms with E-state index in [1.165, 1.54) is 0 Å². The zero-order chi connectivity index (χ0) is 10.6. The van der Waals surface area contributed by atoms with Crippen molar-refractivity contribution in [2.75, 3.05) is 0 Å². The van der Waals surface area contributed by atoms with E-state index >= 15 is 0 Å². The highest BCUT2D eigenvalue weighted by atomic mass is 32.2. The van der Waals surface area contributed by atoms with Gasteiger partial charge in [0.05, 0.1) is 5.75 Å². The van der Waals surface area contributed by atoms with Crippen LogP contribution < -0.4 is 9.98 Å². The summed E-state index contributed by atoms with van der Waals surface area (Å²) in [4.78, 5) is 4.78. The van der Waals surface area contributed by atoms with Gasteiger partial charge in [0, 0.05) is 12.3 Å². The molecule has 0 unspecified atom stereocenters. The van der Waals surface area contributed by atoms with E-state index in [-0.39, 0.29) is 5.75 Å². The molecule has 0 saturated carbocycles. The highest BCUT2D eigenvalue weighted by molar-refractivity contribution is 7.88. The number of hydrogen-bond acceptors (Lipinski definition) is 4. The van der Waals surface area contributed by atoms with Crippen LogP contribution in [0.4, 0.5) is 0 Å². The first kappa shape index (κ1) is 10.7. The first-order chi connectivity index (χ1) is 6.53. The summed E-state index contributed by atoms with van der Waals surface area (Å²) in [6.45, 7) is 3.14. The van der Waals surface area contributed by atoms with Crippen molar-refractivity contribution in [2.45, 2.75) is 5.75 Å². The number of hydrogen-bond donors (Lipinski definition) is 1. The van der Waals surface area contributed by atoms with E-state index in [0.29, 0.717) is 11.3 Å². The number of para-hydroxylation sites is 1. The van der Waals surface area contributed by atoms with E-state index in [9.17, 15) is 8.42 Å². The zero-order valence-electron chi connectivity index (χ0n) is 7.38. The monoisotopic (exact) mass is 214 g/mol. The lowest BCUT2D eigenvalue weighted by Gasteiger charge is -2.04. The second kappa shape index (κ2) is 4.21. The van der Waals surface area contributed by atoms with Crippen LogP contribution in [-0.4, -0.2) is 15.1 Å². The highest BCUT2D eigenvalue weighted by Crippen LogP contribution is 2.19. The summed E-state index contributed by atoms with van der Waals surface area (Å²) >= 11 is 0. The molecule has 0 bridgehead atoms. The third-order valence-corrected chi connectivity index (χ3v) is 2.21. The van der Waals surface area contributed by atoms with E-state index < -0.39 is 10.0 Å². The topological polar surface area (TPSA) is 81.8 Å². The molecule has 0 aliphatic heterocycles. The Balaban J connectivity index is 3.01. The maximum atomic E-state index is 10.8. The van der Waals surface area contributed by atoms with Gasteiger partial charge in [0.1, 0.15) is 0 Å². The third kappa shape index (κ3) is 3.15. The van der Waals surface area contributed by atoms with Gasteiger partial charge in [-0.05, 0) is 6.07 Å². The molecule has 0 aliphatic carbocycles. The minimum absolute atomic E-state index is 0.279.